The van der Waals surface area contributed by atoms with Gasteiger partial charge in [-0.25, -0.2) is 0 Å². The normalized spacial score (nSPS) is 32.9. The molecule has 4 bridgehead atoms. The molecule has 0 heterocycles. The van der Waals surface area contributed by atoms with Crippen LogP contribution in [0.4, 0.5) is 0 Å². The minimum absolute atomic E-state index is 0.0384. The van der Waals surface area contributed by atoms with Crippen molar-refractivity contribution in [1.82, 2.24) is 0 Å². The Balaban J connectivity index is 1.64. The largest absolute Gasteiger partial charge is 0.497 e. The van der Waals surface area contributed by atoms with Crippen molar-refractivity contribution < 1.29 is 14.3 Å². The molecule has 0 saturated heterocycles. The molecule has 4 saturated carbocycles. The number of rotatable bonds is 4. The van der Waals surface area contributed by atoms with Crippen LogP contribution in [0.3, 0.4) is 0 Å². The van der Waals surface area contributed by atoms with Gasteiger partial charge in [-0.3, -0.25) is 4.79 Å². The second kappa shape index (κ2) is 6.65. The van der Waals surface area contributed by atoms with E-state index in [1.807, 2.05) is 18.2 Å². The van der Waals surface area contributed by atoms with Crippen molar-refractivity contribution in [1.29, 1.82) is 0 Å². The summed E-state index contributed by atoms with van der Waals surface area (Å²) in [5, 5.41) is 0. The van der Waals surface area contributed by atoms with Crippen LogP contribution in [0.5, 0.6) is 11.5 Å². The maximum atomic E-state index is 11.3. The Bertz CT molecular complexity index is 855. The van der Waals surface area contributed by atoms with Crippen molar-refractivity contribution in [2.75, 3.05) is 7.11 Å². The monoisotopic (exact) mass is 376 g/mol. The fourth-order valence-corrected chi connectivity index (χ4v) is 6.88. The van der Waals surface area contributed by atoms with Crippen LogP contribution in [0.2, 0.25) is 0 Å². The van der Waals surface area contributed by atoms with E-state index in [1.54, 1.807) is 7.11 Å². The van der Waals surface area contributed by atoms with E-state index >= 15 is 0 Å². The highest BCUT2D eigenvalue weighted by Gasteiger charge is 2.58. The van der Waals surface area contributed by atoms with Crippen LogP contribution >= 0.6 is 0 Å². The molecule has 4 fully saturated rings. The summed E-state index contributed by atoms with van der Waals surface area (Å²) < 4.78 is 10.9. The topological polar surface area (TPSA) is 35.5 Å². The smallest absolute Gasteiger partial charge is 0.308 e. The molecule has 6 rings (SSSR count). The summed E-state index contributed by atoms with van der Waals surface area (Å²) in [6, 6.07) is 17.0. The first-order valence-electron chi connectivity index (χ1n) is 10.5. The Labute approximate surface area is 167 Å². The number of ether oxygens (including phenoxy) is 2. The van der Waals surface area contributed by atoms with E-state index in [9.17, 15) is 4.79 Å². The molecule has 3 nitrogen and oxygen atoms in total. The summed E-state index contributed by atoms with van der Waals surface area (Å²) in [6.07, 6.45) is 6.75. The molecule has 2 aromatic rings. The van der Waals surface area contributed by atoms with Crippen molar-refractivity contribution in [2.45, 2.75) is 44.4 Å². The standard InChI is InChI=1S/C25H28O3/c1-16(26)28-23-8-6-19(7-9-23)25(20-4-3-5-24(15-20)27-2)21-11-17-10-18(13-21)14-22(25)12-17/h3-9,15,17-18,21-22H,10-14H2,1-2H3. The fraction of sp³-hybridized carbons (Fsp3) is 0.480. The highest BCUT2D eigenvalue weighted by molar-refractivity contribution is 5.69. The number of benzene rings is 2. The van der Waals surface area contributed by atoms with Gasteiger partial charge in [0.15, 0.2) is 0 Å². The Morgan fingerprint density at radius 2 is 1.50 bits per heavy atom. The van der Waals surface area contributed by atoms with Crippen molar-refractivity contribution in [3.05, 3.63) is 59.7 Å². The van der Waals surface area contributed by atoms with Gasteiger partial charge in [-0.15, -0.1) is 0 Å². The van der Waals surface area contributed by atoms with Crippen molar-refractivity contribution in [3.63, 3.8) is 0 Å². The molecule has 146 valence electrons. The summed E-state index contributed by atoms with van der Waals surface area (Å²) in [5.74, 6) is 4.45. The van der Waals surface area contributed by atoms with E-state index in [2.05, 4.69) is 30.3 Å². The average Bonchev–Trinajstić information content (AvgIpc) is 2.68. The highest BCUT2D eigenvalue weighted by Crippen LogP contribution is 2.65. The molecule has 3 heteroatoms. The van der Waals surface area contributed by atoms with Gasteiger partial charge in [-0.1, -0.05) is 24.3 Å². The SMILES string of the molecule is COc1cccc(C2(c3ccc(OC(C)=O)cc3)C3CC4CC(C3)CC2C4)c1. The van der Waals surface area contributed by atoms with Gasteiger partial charge in [0.2, 0.25) is 0 Å². The molecule has 0 spiro atoms. The predicted octanol–water partition coefficient (Wildman–Crippen LogP) is 5.36. The van der Waals surface area contributed by atoms with Gasteiger partial charge in [0.1, 0.15) is 11.5 Å². The van der Waals surface area contributed by atoms with E-state index < -0.39 is 0 Å². The number of esters is 1. The van der Waals surface area contributed by atoms with Gasteiger partial charge in [0.25, 0.3) is 0 Å². The number of hydrogen-bond donors (Lipinski definition) is 0. The van der Waals surface area contributed by atoms with Crippen LogP contribution < -0.4 is 9.47 Å². The fourth-order valence-electron chi connectivity index (χ4n) is 6.88. The molecule has 4 aliphatic rings. The molecule has 0 amide bonds. The van der Waals surface area contributed by atoms with Crippen LogP contribution in [0.15, 0.2) is 48.5 Å². The van der Waals surface area contributed by atoms with E-state index in [0.717, 1.165) is 17.6 Å². The third-order valence-electron chi connectivity index (χ3n) is 7.57. The summed E-state index contributed by atoms with van der Waals surface area (Å²) in [4.78, 5) is 11.3. The molecule has 0 radical (unpaired) electrons. The van der Waals surface area contributed by atoms with Crippen LogP contribution in [-0.2, 0) is 10.2 Å². The molecular weight excluding hydrogens is 348 g/mol. The van der Waals surface area contributed by atoms with Gasteiger partial charge in [0.05, 0.1) is 7.11 Å². The Hall–Kier alpha value is -2.29. The van der Waals surface area contributed by atoms with Crippen LogP contribution in [0, 0.1) is 23.7 Å². The first kappa shape index (κ1) is 17.8. The molecule has 28 heavy (non-hydrogen) atoms. The number of carbonyl (C=O) groups is 1. The molecule has 0 unspecified atom stereocenters. The van der Waals surface area contributed by atoms with Gasteiger partial charge in [0, 0.05) is 12.3 Å². The number of carbonyl (C=O) groups excluding carboxylic acids is 1. The van der Waals surface area contributed by atoms with Crippen LogP contribution in [-0.4, -0.2) is 13.1 Å². The van der Waals surface area contributed by atoms with Crippen molar-refractivity contribution in [2.24, 2.45) is 23.7 Å². The second-order valence-electron chi connectivity index (χ2n) is 9.02. The van der Waals surface area contributed by atoms with E-state index in [0.29, 0.717) is 17.6 Å². The van der Waals surface area contributed by atoms with Gasteiger partial charge >= 0.3 is 5.97 Å². The summed E-state index contributed by atoms with van der Waals surface area (Å²) in [6.45, 7) is 1.45. The number of methoxy groups -OCH3 is 1. The first-order chi connectivity index (χ1) is 13.6. The lowest BCUT2D eigenvalue weighted by Crippen LogP contribution is -2.56. The lowest BCUT2D eigenvalue weighted by atomic mass is 9.42. The number of hydrogen-bond acceptors (Lipinski definition) is 3. The third-order valence-corrected chi connectivity index (χ3v) is 7.57. The first-order valence-corrected chi connectivity index (χ1v) is 10.5. The molecule has 0 aromatic heterocycles. The zero-order valence-electron chi connectivity index (χ0n) is 16.7. The van der Waals surface area contributed by atoms with Crippen LogP contribution in [0.25, 0.3) is 0 Å². The second-order valence-corrected chi connectivity index (χ2v) is 9.02. The molecule has 2 aromatic carbocycles. The lowest BCUT2D eigenvalue weighted by Gasteiger charge is -2.62. The molecule has 4 aliphatic carbocycles. The Morgan fingerprint density at radius 1 is 0.857 bits per heavy atom. The minimum Gasteiger partial charge on any atom is -0.497 e. The van der Waals surface area contributed by atoms with E-state index in [-0.39, 0.29) is 11.4 Å². The summed E-state index contributed by atoms with van der Waals surface area (Å²) in [5.41, 5.74) is 2.79. The van der Waals surface area contributed by atoms with Gasteiger partial charge < -0.3 is 9.47 Å². The molecule has 0 N–H and O–H groups in total. The molecule has 0 aliphatic heterocycles. The quantitative estimate of drug-likeness (QED) is 0.532. The van der Waals surface area contributed by atoms with E-state index in [4.69, 9.17) is 9.47 Å². The van der Waals surface area contributed by atoms with Crippen molar-refractivity contribution in [3.8, 4) is 11.5 Å². The maximum absolute atomic E-state index is 11.3. The predicted molar refractivity (Wildman–Crippen MR) is 109 cm³/mol. The summed E-state index contributed by atoms with van der Waals surface area (Å²) >= 11 is 0. The van der Waals surface area contributed by atoms with Crippen molar-refractivity contribution >= 4 is 5.97 Å². The molecule has 0 atom stereocenters. The maximum Gasteiger partial charge on any atom is 0.308 e. The van der Waals surface area contributed by atoms with Gasteiger partial charge in [-0.2, -0.15) is 0 Å². The van der Waals surface area contributed by atoms with Crippen LogP contribution in [0.1, 0.15) is 50.2 Å². The van der Waals surface area contributed by atoms with Gasteiger partial charge in [-0.05, 0) is 91.2 Å². The molecular formula is C25H28O3. The Kier molecular flexibility index (Phi) is 4.22. The minimum atomic E-state index is -0.273. The Morgan fingerprint density at radius 3 is 2.07 bits per heavy atom. The third kappa shape index (κ3) is 2.67. The van der Waals surface area contributed by atoms with E-state index in [1.165, 1.54) is 50.2 Å². The summed E-state index contributed by atoms with van der Waals surface area (Å²) in [7, 11) is 1.75. The average molecular weight is 376 g/mol. The lowest BCUT2D eigenvalue weighted by molar-refractivity contribution is -0.131. The zero-order valence-corrected chi connectivity index (χ0v) is 16.7. The zero-order chi connectivity index (χ0) is 19.3. The highest BCUT2D eigenvalue weighted by atomic mass is 16.5.